The Bertz CT molecular complexity index is 1170. The summed E-state index contributed by atoms with van der Waals surface area (Å²) in [5.74, 6) is -0.830. The molecule has 0 saturated carbocycles. The van der Waals surface area contributed by atoms with Gasteiger partial charge in [-0.05, 0) is 36.2 Å². The Morgan fingerprint density at radius 2 is 1.41 bits per heavy atom. The minimum atomic E-state index is -0.837. The van der Waals surface area contributed by atoms with Crippen LogP contribution in [-0.2, 0) is 18.3 Å². The van der Waals surface area contributed by atoms with Gasteiger partial charge in [-0.3, -0.25) is 4.79 Å². The number of pyridine rings is 1. The van der Waals surface area contributed by atoms with Gasteiger partial charge in [0, 0.05) is 18.6 Å². The number of fused-ring (bicyclic) bond motifs is 2. The predicted octanol–water partition coefficient (Wildman–Crippen LogP) is 4.05. The molecule has 0 unspecified atom stereocenters. The summed E-state index contributed by atoms with van der Waals surface area (Å²) < 4.78 is 7.74. The number of para-hydroxylation sites is 2. The molecule has 3 aromatic carbocycles. The van der Waals surface area contributed by atoms with E-state index in [2.05, 4.69) is 4.57 Å². The van der Waals surface area contributed by atoms with Gasteiger partial charge < -0.3 is 9.84 Å². The second kappa shape index (κ2) is 7.72. The lowest BCUT2D eigenvalue weighted by atomic mass is 10.0. The number of carboxylic acids is 1. The average Bonchev–Trinajstić information content (AvgIpc) is 2.73. The van der Waals surface area contributed by atoms with Crippen molar-refractivity contribution in [1.82, 2.24) is 0 Å². The van der Waals surface area contributed by atoms with Gasteiger partial charge in [-0.15, -0.1) is 0 Å². The first kappa shape index (κ1) is 18.6. The highest BCUT2D eigenvalue weighted by Crippen LogP contribution is 2.26. The van der Waals surface area contributed by atoms with Crippen molar-refractivity contribution in [3.8, 4) is 5.75 Å². The number of hydrogen-bond acceptors (Lipinski definition) is 3. The first-order valence-corrected chi connectivity index (χ1v) is 9.37. The maximum absolute atomic E-state index is 13.1. The van der Waals surface area contributed by atoms with Crippen LogP contribution in [0.4, 0.5) is 0 Å². The van der Waals surface area contributed by atoms with E-state index in [1.807, 2.05) is 55.6 Å². The SMILES string of the molecule is C[n+]1c2ccccc2c(C(=O)Oc2ccc(CCC(=O)O)cc2)c2ccccc21. The number of hydrogen-bond donors (Lipinski definition) is 1. The van der Waals surface area contributed by atoms with E-state index in [9.17, 15) is 9.59 Å². The fourth-order valence-electron chi connectivity index (χ4n) is 3.58. The molecule has 29 heavy (non-hydrogen) atoms. The molecule has 4 aromatic rings. The number of benzene rings is 3. The summed E-state index contributed by atoms with van der Waals surface area (Å²) in [6.45, 7) is 0. The summed E-state index contributed by atoms with van der Waals surface area (Å²) >= 11 is 0. The van der Waals surface area contributed by atoms with Gasteiger partial charge in [0.1, 0.15) is 12.8 Å². The van der Waals surface area contributed by atoms with Crippen molar-refractivity contribution in [2.24, 2.45) is 7.05 Å². The largest absolute Gasteiger partial charge is 0.481 e. The molecule has 0 fully saturated rings. The third kappa shape index (κ3) is 3.67. The fraction of sp³-hybridized carbons (Fsp3) is 0.125. The van der Waals surface area contributed by atoms with E-state index in [1.165, 1.54) is 0 Å². The number of carbonyl (C=O) groups is 2. The molecule has 0 radical (unpaired) electrons. The van der Waals surface area contributed by atoms with Crippen LogP contribution in [-0.4, -0.2) is 17.0 Å². The molecule has 1 heterocycles. The molecule has 0 bridgehead atoms. The van der Waals surface area contributed by atoms with Crippen molar-refractivity contribution in [2.45, 2.75) is 12.8 Å². The lowest BCUT2D eigenvalue weighted by Crippen LogP contribution is -2.31. The first-order valence-electron chi connectivity index (χ1n) is 9.37. The monoisotopic (exact) mass is 386 g/mol. The number of aliphatic carboxylic acids is 1. The Morgan fingerprint density at radius 3 is 1.97 bits per heavy atom. The Labute approximate surface area is 167 Å². The van der Waals surface area contributed by atoms with Crippen LogP contribution in [0.1, 0.15) is 22.3 Å². The highest BCUT2D eigenvalue weighted by Gasteiger charge is 2.23. The highest BCUT2D eigenvalue weighted by atomic mass is 16.5. The van der Waals surface area contributed by atoms with Crippen LogP contribution in [0.2, 0.25) is 0 Å². The standard InChI is InChI=1S/C24H19NO4/c1-25-20-8-4-2-6-18(20)23(19-7-3-5-9-21(19)25)24(28)29-17-13-10-16(11-14-17)12-15-22(26)27/h2-11,13-14H,12,15H2,1H3/p+1. The molecular formula is C24H20NO4+. The summed E-state index contributed by atoms with van der Waals surface area (Å²) in [6.07, 6.45) is 0.506. The van der Waals surface area contributed by atoms with E-state index in [0.29, 0.717) is 17.7 Å². The Kier molecular flexibility index (Phi) is 4.96. The number of rotatable bonds is 5. The third-order valence-electron chi connectivity index (χ3n) is 5.04. The van der Waals surface area contributed by atoms with Crippen LogP contribution in [0.25, 0.3) is 21.8 Å². The minimum absolute atomic E-state index is 0.0676. The molecule has 1 N–H and O–H groups in total. The zero-order valence-corrected chi connectivity index (χ0v) is 16.0. The lowest BCUT2D eigenvalue weighted by molar-refractivity contribution is -0.617. The predicted molar refractivity (Wildman–Crippen MR) is 110 cm³/mol. The van der Waals surface area contributed by atoms with Crippen molar-refractivity contribution in [1.29, 1.82) is 0 Å². The van der Waals surface area contributed by atoms with E-state index in [1.54, 1.807) is 24.3 Å². The van der Waals surface area contributed by atoms with E-state index < -0.39 is 11.9 Å². The summed E-state index contributed by atoms with van der Waals surface area (Å²) in [6, 6.07) is 22.5. The number of carbonyl (C=O) groups excluding carboxylic acids is 1. The van der Waals surface area contributed by atoms with Gasteiger partial charge in [0.15, 0.2) is 0 Å². The smallest absolute Gasteiger partial charge is 0.345 e. The zero-order valence-electron chi connectivity index (χ0n) is 16.0. The van der Waals surface area contributed by atoms with E-state index in [0.717, 1.165) is 27.4 Å². The van der Waals surface area contributed by atoms with E-state index in [4.69, 9.17) is 9.84 Å². The van der Waals surface area contributed by atoms with E-state index in [-0.39, 0.29) is 6.42 Å². The third-order valence-corrected chi connectivity index (χ3v) is 5.04. The van der Waals surface area contributed by atoms with Crippen molar-refractivity contribution in [3.05, 3.63) is 83.9 Å². The quantitative estimate of drug-likeness (QED) is 0.243. The summed E-state index contributed by atoms with van der Waals surface area (Å²) in [4.78, 5) is 23.9. The molecular weight excluding hydrogens is 366 g/mol. The van der Waals surface area contributed by atoms with E-state index >= 15 is 0 Å². The van der Waals surface area contributed by atoms with Crippen molar-refractivity contribution in [2.75, 3.05) is 0 Å². The average molecular weight is 386 g/mol. The molecule has 0 aliphatic rings. The van der Waals surface area contributed by atoms with Crippen LogP contribution >= 0.6 is 0 Å². The maximum atomic E-state index is 13.1. The van der Waals surface area contributed by atoms with Crippen LogP contribution in [0.3, 0.4) is 0 Å². The van der Waals surface area contributed by atoms with Crippen LogP contribution in [0, 0.1) is 0 Å². The van der Waals surface area contributed by atoms with Crippen LogP contribution in [0.5, 0.6) is 5.75 Å². The molecule has 5 nitrogen and oxygen atoms in total. The minimum Gasteiger partial charge on any atom is -0.481 e. The van der Waals surface area contributed by atoms with Gasteiger partial charge in [-0.1, -0.05) is 36.4 Å². The summed E-state index contributed by atoms with van der Waals surface area (Å²) in [7, 11) is 1.98. The van der Waals surface area contributed by atoms with Gasteiger partial charge in [0.05, 0.1) is 16.3 Å². The zero-order chi connectivity index (χ0) is 20.4. The Morgan fingerprint density at radius 1 is 0.862 bits per heavy atom. The molecule has 4 rings (SSSR count). The lowest BCUT2D eigenvalue weighted by Gasteiger charge is -2.10. The van der Waals surface area contributed by atoms with Gasteiger partial charge >= 0.3 is 11.9 Å². The molecule has 0 saturated heterocycles. The molecule has 0 atom stereocenters. The second-order valence-electron chi connectivity index (χ2n) is 6.90. The molecule has 0 aliphatic carbocycles. The molecule has 0 amide bonds. The number of esters is 1. The fourth-order valence-corrected chi connectivity index (χ4v) is 3.58. The molecule has 1 aromatic heterocycles. The number of aryl methyl sites for hydroxylation is 2. The molecule has 5 heteroatoms. The van der Waals surface area contributed by atoms with Crippen molar-refractivity contribution >= 4 is 33.7 Å². The Hall–Kier alpha value is -3.73. The van der Waals surface area contributed by atoms with Crippen LogP contribution in [0.15, 0.2) is 72.8 Å². The number of aromatic nitrogens is 1. The van der Waals surface area contributed by atoms with Crippen molar-refractivity contribution in [3.63, 3.8) is 0 Å². The van der Waals surface area contributed by atoms with Gasteiger partial charge in [0.25, 0.3) is 0 Å². The summed E-state index contributed by atoms with van der Waals surface area (Å²) in [5, 5.41) is 10.5. The van der Waals surface area contributed by atoms with Crippen molar-refractivity contribution < 1.29 is 24.0 Å². The maximum Gasteiger partial charge on any atom is 0.345 e. The van der Waals surface area contributed by atoms with Gasteiger partial charge in [-0.25, -0.2) is 4.79 Å². The van der Waals surface area contributed by atoms with Gasteiger partial charge in [-0.2, -0.15) is 4.57 Å². The summed E-state index contributed by atoms with van der Waals surface area (Å²) in [5.41, 5.74) is 3.31. The molecule has 0 spiro atoms. The number of carboxylic acid groups (broad SMARTS) is 1. The number of ether oxygens (including phenoxy) is 1. The normalized spacial score (nSPS) is 10.9. The highest BCUT2D eigenvalue weighted by molar-refractivity contribution is 6.13. The van der Waals surface area contributed by atoms with Crippen LogP contribution < -0.4 is 9.30 Å². The molecule has 0 aliphatic heterocycles. The topological polar surface area (TPSA) is 67.5 Å². The molecule has 144 valence electrons. The number of nitrogens with zero attached hydrogens (tertiary/aromatic N) is 1. The second-order valence-corrected chi connectivity index (χ2v) is 6.90. The Balaban J connectivity index is 1.71. The first-order chi connectivity index (χ1) is 14.0. The van der Waals surface area contributed by atoms with Gasteiger partial charge in [0.2, 0.25) is 11.0 Å².